The van der Waals surface area contributed by atoms with Crippen molar-refractivity contribution in [1.82, 2.24) is 14.5 Å². The van der Waals surface area contributed by atoms with Gasteiger partial charge in [-0.3, -0.25) is 9.36 Å². The molecule has 1 aliphatic rings. The first kappa shape index (κ1) is 24.7. The maximum Gasteiger partial charge on any atom is 0.410 e. The van der Waals surface area contributed by atoms with Gasteiger partial charge in [0.2, 0.25) is 15.0 Å². The molecule has 2 aromatic carbocycles. The topological polar surface area (TPSA) is 98.6 Å². The molecule has 35 heavy (non-hydrogen) atoms. The maximum absolute atomic E-state index is 13.9. The summed E-state index contributed by atoms with van der Waals surface area (Å²) in [6.45, 7) is 5.60. The van der Waals surface area contributed by atoms with Crippen LogP contribution in [0, 0.1) is 0 Å². The molecule has 9 heteroatoms. The van der Waals surface area contributed by atoms with Crippen molar-refractivity contribution in [1.29, 1.82) is 0 Å². The molecule has 1 amide bonds. The number of carbonyl (C=O) groups excluding carboxylic acids is 1. The van der Waals surface area contributed by atoms with Crippen molar-refractivity contribution < 1.29 is 17.9 Å². The highest BCUT2D eigenvalue weighted by molar-refractivity contribution is 7.90. The van der Waals surface area contributed by atoms with Crippen LogP contribution in [0.15, 0.2) is 70.6 Å². The van der Waals surface area contributed by atoms with E-state index in [9.17, 15) is 18.0 Å². The largest absolute Gasteiger partial charge is 0.444 e. The van der Waals surface area contributed by atoms with Gasteiger partial charge >= 0.3 is 6.09 Å². The van der Waals surface area contributed by atoms with E-state index in [1.54, 1.807) is 20.8 Å². The molecule has 0 atom stereocenters. The second-order valence-corrected chi connectivity index (χ2v) is 11.6. The van der Waals surface area contributed by atoms with Gasteiger partial charge in [0.15, 0.2) is 0 Å². The van der Waals surface area contributed by atoms with Crippen molar-refractivity contribution in [2.75, 3.05) is 12.8 Å². The van der Waals surface area contributed by atoms with Gasteiger partial charge in [0.05, 0.1) is 18.3 Å². The van der Waals surface area contributed by atoms with Crippen LogP contribution in [0.3, 0.4) is 0 Å². The molecule has 8 nitrogen and oxygen atoms in total. The minimum absolute atomic E-state index is 0.00415. The van der Waals surface area contributed by atoms with Crippen LogP contribution in [0.2, 0.25) is 0 Å². The monoisotopic (exact) mass is 495 g/mol. The molecule has 0 bridgehead atoms. The van der Waals surface area contributed by atoms with Crippen LogP contribution in [0.25, 0.3) is 0 Å². The van der Waals surface area contributed by atoms with E-state index in [0.29, 0.717) is 5.56 Å². The van der Waals surface area contributed by atoms with Crippen molar-refractivity contribution in [3.05, 3.63) is 93.4 Å². The van der Waals surface area contributed by atoms with E-state index in [1.807, 2.05) is 60.7 Å². The predicted molar refractivity (Wildman–Crippen MR) is 132 cm³/mol. The van der Waals surface area contributed by atoms with Crippen LogP contribution in [0.4, 0.5) is 4.79 Å². The Balaban J connectivity index is 1.89. The Hall–Kier alpha value is -3.46. The van der Waals surface area contributed by atoms with Gasteiger partial charge in [-0.25, -0.2) is 18.2 Å². The Kier molecular flexibility index (Phi) is 6.55. The summed E-state index contributed by atoms with van der Waals surface area (Å²) in [5.74, 6) is 0. The van der Waals surface area contributed by atoms with E-state index in [4.69, 9.17) is 4.74 Å². The molecule has 0 fully saturated rings. The summed E-state index contributed by atoms with van der Waals surface area (Å²) in [7, 11) is -3.90. The fraction of sp³-hybridized carbons (Fsp3) is 0.346. The van der Waals surface area contributed by atoms with Gasteiger partial charge in [-0.2, -0.15) is 0 Å². The Morgan fingerprint density at radius 2 is 1.54 bits per heavy atom. The van der Waals surface area contributed by atoms with Gasteiger partial charge in [-0.1, -0.05) is 60.7 Å². The van der Waals surface area contributed by atoms with Crippen molar-refractivity contribution in [2.24, 2.45) is 0 Å². The fourth-order valence-corrected chi connectivity index (χ4v) is 5.04. The second kappa shape index (κ2) is 9.30. The highest BCUT2D eigenvalue weighted by atomic mass is 32.2. The third-order valence-electron chi connectivity index (χ3n) is 5.71. The number of rotatable bonds is 4. The average Bonchev–Trinajstić information content (AvgIpc) is 2.80. The van der Waals surface area contributed by atoms with Crippen LogP contribution in [0.1, 0.15) is 49.2 Å². The molecule has 0 saturated carbocycles. The Morgan fingerprint density at radius 1 is 1.00 bits per heavy atom. The number of carbonyl (C=O) groups is 1. The Bertz CT molecular complexity index is 1360. The Morgan fingerprint density at radius 3 is 2.03 bits per heavy atom. The average molecular weight is 496 g/mol. The van der Waals surface area contributed by atoms with E-state index in [-0.39, 0.29) is 30.4 Å². The van der Waals surface area contributed by atoms with Crippen LogP contribution < -0.4 is 5.56 Å². The molecular weight excluding hydrogens is 466 g/mol. The number of amides is 1. The number of fused-ring (bicyclic) bond motifs is 1. The number of sulfone groups is 1. The fourth-order valence-electron chi connectivity index (χ4n) is 4.21. The van der Waals surface area contributed by atoms with Gasteiger partial charge in [-0.05, 0) is 38.3 Å². The Labute approximate surface area is 205 Å². The molecule has 0 radical (unpaired) electrons. The lowest BCUT2D eigenvalue weighted by molar-refractivity contribution is 0.0219. The third-order valence-corrected chi connectivity index (χ3v) is 6.66. The van der Waals surface area contributed by atoms with Crippen LogP contribution >= 0.6 is 0 Å². The summed E-state index contributed by atoms with van der Waals surface area (Å²) < 4.78 is 32.6. The zero-order valence-electron chi connectivity index (χ0n) is 20.3. The quantitative estimate of drug-likeness (QED) is 0.513. The smallest absolute Gasteiger partial charge is 0.410 e. The number of benzene rings is 2. The number of hydrogen-bond acceptors (Lipinski definition) is 6. The molecule has 3 aromatic rings. The van der Waals surface area contributed by atoms with Gasteiger partial charge in [0.25, 0.3) is 5.56 Å². The number of aromatic nitrogens is 2. The summed E-state index contributed by atoms with van der Waals surface area (Å²) in [4.78, 5) is 32.4. The van der Waals surface area contributed by atoms with E-state index in [2.05, 4.69) is 4.98 Å². The highest BCUT2D eigenvalue weighted by Gasteiger charge is 2.33. The van der Waals surface area contributed by atoms with Gasteiger partial charge in [-0.15, -0.1) is 0 Å². The van der Waals surface area contributed by atoms with Crippen LogP contribution in [-0.4, -0.2) is 47.4 Å². The summed E-state index contributed by atoms with van der Waals surface area (Å²) in [5.41, 5.74) is 1.12. The van der Waals surface area contributed by atoms with Crippen LogP contribution in [-0.2, 0) is 27.5 Å². The zero-order chi connectivity index (χ0) is 25.4. The van der Waals surface area contributed by atoms with Gasteiger partial charge < -0.3 is 9.64 Å². The molecule has 4 rings (SSSR count). The summed E-state index contributed by atoms with van der Waals surface area (Å²) >= 11 is 0. The molecule has 2 heterocycles. The molecule has 1 aliphatic heterocycles. The molecule has 0 saturated heterocycles. The van der Waals surface area contributed by atoms with E-state index in [0.717, 1.165) is 17.4 Å². The molecule has 0 spiro atoms. The lowest BCUT2D eigenvalue weighted by atomic mass is 9.98. The van der Waals surface area contributed by atoms with Crippen molar-refractivity contribution in [2.45, 2.75) is 50.5 Å². The second-order valence-electron chi connectivity index (χ2n) is 9.64. The van der Waals surface area contributed by atoms with Crippen molar-refractivity contribution in [3.63, 3.8) is 0 Å². The minimum atomic E-state index is -3.90. The first-order valence-electron chi connectivity index (χ1n) is 11.4. The number of hydrogen-bond donors (Lipinski definition) is 0. The first-order valence-corrected chi connectivity index (χ1v) is 13.3. The van der Waals surface area contributed by atoms with E-state index in [1.165, 1.54) is 9.47 Å². The van der Waals surface area contributed by atoms with E-state index < -0.39 is 33.1 Å². The minimum Gasteiger partial charge on any atom is -0.444 e. The lowest BCUT2D eigenvalue weighted by Gasteiger charge is -2.32. The predicted octanol–water partition coefficient (Wildman–Crippen LogP) is 3.58. The van der Waals surface area contributed by atoms with Crippen molar-refractivity contribution in [3.8, 4) is 0 Å². The third kappa shape index (κ3) is 5.30. The molecule has 184 valence electrons. The van der Waals surface area contributed by atoms with Crippen LogP contribution in [0.5, 0.6) is 0 Å². The van der Waals surface area contributed by atoms with Gasteiger partial charge in [0.1, 0.15) is 5.60 Å². The SMILES string of the molecule is CC(C)(C)OC(=O)N1CCc2c(nc(S(C)(=O)=O)n(C(c3ccccc3)c3ccccc3)c2=O)C1. The summed E-state index contributed by atoms with van der Waals surface area (Å²) in [5, 5.41) is -0.329. The maximum atomic E-state index is 13.9. The molecule has 0 aliphatic carbocycles. The molecule has 0 N–H and O–H groups in total. The van der Waals surface area contributed by atoms with Gasteiger partial charge in [0, 0.05) is 18.4 Å². The zero-order valence-corrected chi connectivity index (χ0v) is 21.1. The molecule has 1 aromatic heterocycles. The normalized spacial score (nSPS) is 14.0. The molecule has 0 unspecified atom stereocenters. The lowest BCUT2D eigenvalue weighted by Crippen LogP contribution is -2.44. The first-order chi connectivity index (χ1) is 16.5. The highest BCUT2D eigenvalue weighted by Crippen LogP contribution is 2.29. The molecular formula is C26H29N3O5S. The summed E-state index contributed by atoms with van der Waals surface area (Å²) in [6, 6.07) is 17.9. The van der Waals surface area contributed by atoms with Crippen molar-refractivity contribution >= 4 is 15.9 Å². The summed E-state index contributed by atoms with van der Waals surface area (Å²) in [6.07, 6.45) is 0.765. The van der Waals surface area contributed by atoms with E-state index >= 15 is 0 Å². The standard InChI is InChI=1S/C26H29N3O5S/c1-26(2,3)34-25(31)28-16-15-20-21(17-28)27-24(35(4,32)33)29(23(20)30)22(18-11-7-5-8-12-18)19-13-9-6-10-14-19/h5-14,22H,15-17H2,1-4H3. The number of nitrogens with zero attached hydrogens (tertiary/aromatic N) is 3. The number of ether oxygens (including phenoxy) is 1.